The molecule has 0 aromatic heterocycles. The van der Waals surface area contributed by atoms with Crippen molar-refractivity contribution < 1.29 is 14.7 Å². The van der Waals surface area contributed by atoms with Gasteiger partial charge in [-0.05, 0) is 24.1 Å². The predicted octanol–water partition coefficient (Wildman–Crippen LogP) is 1.58. The van der Waals surface area contributed by atoms with Gasteiger partial charge >= 0.3 is 0 Å². The number of rotatable bonds is 4. The van der Waals surface area contributed by atoms with Crippen molar-refractivity contribution in [2.75, 3.05) is 0 Å². The fraction of sp³-hybridized carbons (Fsp3) is 0.263. The molecule has 2 unspecified atom stereocenters. The van der Waals surface area contributed by atoms with E-state index < -0.39 is 18.2 Å². The zero-order chi connectivity index (χ0) is 17.1. The molecule has 5 nitrogen and oxygen atoms in total. The average molecular weight is 324 g/mol. The van der Waals surface area contributed by atoms with Crippen molar-refractivity contribution >= 4 is 11.8 Å². The summed E-state index contributed by atoms with van der Waals surface area (Å²) in [5.74, 6) is -0.534. The second-order valence-electron chi connectivity index (χ2n) is 6.04. The lowest BCUT2D eigenvalue weighted by molar-refractivity contribution is -0.124. The number of carbonyl (C=O) groups excluding carboxylic acids is 2. The molecule has 1 heterocycles. The van der Waals surface area contributed by atoms with E-state index in [0.29, 0.717) is 12.0 Å². The number of aliphatic hydroxyl groups excluding tert-OH is 1. The zero-order valence-electron chi connectivity index (χ0n) is 13.4. The molecule has 124 valence electrons. The summed E-state index contributed by atoms with van der Waals surface area (Å²) in [5.41, 5.74) is 2.21. The first-order chi connectivity index (χ1) is 11.6. The van der Waals surface area contributed by atoms with Crippen LogP contribution in [0.5, 0.6) is 0 Å². The number of benzene rings is 2. The zero-order valence-corrected chi connectivity index (χ0v) is 13.4. The normalized spacial score (nSPS) is 18.9. The fourth-order valence-corrected chi connectivity index (χ4v) is 2.93. The van der Waals surface area contributed by atoms with Gasteiger partial charge in [0.15, 0.2) is 0 Å². The van der Waals surface area contributed by atoms with E-state index in [1.165, 1.54) is 0 Å². The van der Waals surface area contributed by atoms with Crippen LogP contribution < -0.4 is 10.6 Å². The van der Waals surface area contributed by atoms with Gasteiger partial charge in [-0.2, -0.15) is 0 Å². The van der Waals surface area contributed by atoms with Gasteiger partial charge in [-0.3, -0.25) is 9.59 Å². The fourth-order valence-electron chi connectivity index (χ4n) is 2.93. The number of hydrogen-bond acceptors (Lipinski definition) is 3. The first-order valence-electron chi connectivity index (χ1n) is 7.98. The van der Waals surface area contributed by atoms with Crippen LogP contribution in [0.1, 0.15) is 34.5 Å². The third-order valence-corrected chi connectivity index (χ3v) is 4.29. The molecule has 0 radical (unpaired) electrons. The maximum absolute atomic E-state index is 12.5. The van der Waals surface area contributed by atoms with Crippen LogP contribution in [0.3, 0.4) is 0 Å². The minimum Gasteiger partial charge on any atom is -0.386 e. The minimum atomic E-state index is -0.804. The molecule has 3 atom stereocenters. The van der Waals surface area contributed by atoms with Crippen molar-refractivity contribution in [2.45, 2.75) is 31.5 Å². The Balaban J connectivity index is 1.66. The minimum absolute atomic E-state index is 0.242. The van der Waals surface area contributed by atoms with Gasteiger partial charge in [0.2, 0.25) is 5.91 Å². The first-order valence-corrected chi connectivity index (χ1v) is 7.98. The Morgan fingerprint density at radius 3 is 2.58 bits per heavy atom. The van der Waals surface area contributed by atoms with Crippen LogP contribution in [0.15, 0.2) is 54.6 Å². The van der Waals surface area contributed by atoms with Crippen molar-refractivity contribution in [3.8, 4) is 0 Å². The summed E-state index contributed by atoms with van der Waals surface area (Å²) in [6.07, 6.45) is -0.358. The maximum Gasteiger partial charge on any atom is 0.252 e. The predicted molar refractivity (Wildman–Crippen MR) is 90.4 cm³/mol. The molecule has 24 heavy (non-hydrogen) atoms. The lowest BCUT2D eigenvalue weighted by Crippen LogP contribution is -2.53. The second-order valence-corrected chi connectivity index (χ2v) is 6.04. The SMILES string of the molecule is C[C@H](NC(=O)C1Cc2ccccc2C(=O)N1)C(O)c1ccccc1. The number of fused-ring (bicyclic) bond motifs is 1. The molecule has 0 spiro atoms. The molecule has 2 aromatic rings. The van der Waals surface area contributed by atoms with Crippen molar-refractivity contribution in [1.82, 2.24) is 10.6 Å². The molecular weight excluding hydrogens is 304 g/mol. The van der Waals surface area contributed by atoms with E-state index in [0.717, 1.165) is 11.1 Å². The molecule has 1 aliphatic heterocycles. The molecule has 0 aliphatic carbocycles. The van der Waals surface area contributed by atoms with Crippen LogP contribution in [0, 0.1) is 0 Å². The second kappa shape index (κ2) is 6.84. The Morgan fingerprint density at radius 1 is 1.17 bits per heavy atom. The molecule has 0 fully saturated rings. The highest BCUT2D eigenvalue weighted by molar-refractivity contribution is 6.00. The molecule has 1 aliphatic rings. The Kier molecular flexibility index (Phi) is 4.62. The number of aliphatic hydroxyl groups is 1. The summed E-state index contributed by atoms with van der Waals surface area (Å²) in [6, 6.07) is 15.3. The van der Waals surface area contributed by atoms with Crippen LogP contribution in [0.25, 0.3) is 0 Å². The average Bonchev–Trinajstić information content (AvgIpc) is 2.61. The van der Waals surface area contributed by atoms with E-state index in [1.54, 1.807) is 19.1 Å². The van der Waals surface area contributed by atoms with Gasteiger partial charge < -0.3 is 15.7 Å². The summed E-state index contributed by atoms with van der Waals surface area (Å²) >= 11 is 0. The van der Waals surface area contributed by atoms with Gasteiger partial charge in [0.05, 0.1) is 12.1 Å². The molecule has 0 saturated heterocycles. The highest BCUT2D eigenvalue weighted by Crippen LogP contribution is 2.18. The van der Waals surface area contributed by atoms with Crippen LogP contribution in [-0.4, -0.2) is 29.0 Å². The summed E-state index contributed by atoms with van der Waals surface area (Å²) in [6.45, 7) is 1.74. The summed E-state index contributed by atoms with van der Waals surface area (Å²) in [5, 5.41) is 15.9. The smallest absolute Gasteiger partial charge is 0.252 e. The lowest BCUT2D eigenvalue weighted by Gasteiger charge is -2.27. The van der Waals surface area contributed by atoms with Crippen molar-refractivity contribution in [1.29, 1.82) is 0 Å². The quantitative estimate of drug-likeness (QED) is 0.799. The van der Waals surface area contributed by atoms with Crippen molar-refractivity contribution in [2.24, 2.45) is 0 Å². The van der Waals surface area contributed by atoms with Gasteiger partial charge in [-0.1, -0.05) is 48.5 Å². The monoisotopic (exact) mass is 324 g/mol. The summed E-state index contributed by atoms with van der Waals surface area (Å²) in [7, 11) is 0. The molecule has 0 bridgehead atoms. The number of carbonyl (C=O) groups is 2. The van der Waals surface area contributed by atoms with E-state index in [9.17, 15) is 14.7 Å². The van der Waals surface area contributed by atoms with Crippen molar-refractivity contribution in [3.63, 3.8) is 0 Å². The molecular formula is C19H20N2O3. The molecule has 2 aromatic carbocycles. The van der Waals surface area contributed by atoms with Crippen LogP contribution >= 0.6 is 0 Å². The molecule has 2 amide bonds. The van der Waals surface area contributed by atoms with Crippen LogP contribution in [0.2, 0.25) is 0 Å². The summed E-state index contributed by atoms with van der Waals surface area (Å²) in [4.78, 5) is 24.6. The van der Waals surface area contributed by atoms with Gasteiger partial charge in [0.25, 0.3) is 5.91 Å². The van der Waals surface area contributed by atoms with Crippen LogP contribution in [-0.2, 0) is 11.2 Å². The number of amides is 2. The molecule has 5 heteroatoms. The molecule has 0 saturated carbocycles. The largest absolute Gasteiger partial charge is 0.386 e. The maximum atomic E-state index is 12.5. The summed E-state index contributed by atoms with van der Waals surface area (Å²) < 4.78 is 0. The Morgan fingerprint density at radius 2 is 1.83 bits per heavy atom. The van der Waals surface area contributed by atoms with E-state index in [4.69, 9.17) is 0 Å². The van der Waals surface area contributed by atoms with Gasteiger partial charge in [0, 0.05) is 12.0 Å². The number of hydrogen-bond donors (Lipinski definition) is 3. The highest BCUT2D eigenvalue weighted by atomic mass is 16.3. The lowest BCUT2D eigenvalue weighted by atomic mass is 9.94. The Bertz CT molecular complexity index is 745. The van der Waals surface area contributed by atoms with Gasteiger partial charge in [-0.15, -0.1) is 0 Å². The standard InChI is InChI=1S/C19H20N2O3/c1-12(17(22)13-7-3-2-4-8-13)20-19(24)16-11-14-9-5-6-10-15(14)18(23)21-16/h2-10,12,16-17,22H,11H2,1H3,(H,20,24)(H,21,23)/t12-,16?,17?/m0/s1. The van der Waals surface area contributed by atoms with E-state index in [2.05, 4.69) is 10.6 Å². The van der Waals surface area contributed by atoms with Gasteiger partial charge in [-0.25, -0.2) is 0 Å². The first kappa shape index (κ1) is 16.2. The van der Waals surface area contributed by atoms with E-state index in [1.807, 2.05) is 42.5 Å². The highest BCUT2D eigenvalue weighted by Gasteiger charge is 2.30. The van der Waals surface area contributed by atoms with E-state index >= 15 is 0 Å². The molecule has 3 N–H and O–H groups in total. The number of nitrogens with one attached hydrogen (secondary N) is 2. The Labute approximate surface area is 140 Å². The third-order valence-electron chi connectivity index (χ3n) is 4.29. The van der Waals surface area contributed by atoms with E-state index in [-0.39, 0.29) is 11.8 Å². The van der Waals surface area contributed by atoms with Crippen molar-refractivity contribution in [3.05, 3.63) is 71.3 Å². The van der Waals surface area contributed by atoms with Crippen LogP contribution in [0.4, 0.5) is 0 Å². The Hall–Kier alpha value is -2.66. The third kappa shape index (κ3) is 3.31. The molecule has 3 rings (SSSR count). The van der Waals surface area contributed by atoms with Gasteiger partial charge in [0.1, 0.15) is 6.04 Å². The topological polar surface area (TPSA) is 78.4 Å².